The molecule has 0 radical (unpaired) electrons. The monoisotopic (exact) mass is 197 g/mol. The van der Waals surface area contributed by atoms with E-state index in [-0.39, 0.29) is 0 Å². The number of nitrogens with one attached hydrogen (secondary N) is 2. The average Bonchev–Trinajstić information content (AvgIpc) is 2.21. The summed E-state index contributed by atoms with van der Waals surface area (Å²) in [7, 11) is 3.48. The van der Waals surface area contributed by atoms with Crippen LogP contribution < -0.4 is 21.1 Å². The SMILES string of the molecule is CCOc1nc(NC)nc(NC)c1N. The van der Waals surface area contributed by atoms with E-state index in [0.29, 0.717) is 29.9 Å². The van der Waals surface area contributed by atoms with Crippen molar-refractivity contribution in [3.05, 3.63) is 0 Å². The van der Waals surface area contributed by atoms with Gasteiger partial charge in [0.15, 0.2) is 5.82 Å². The molecule has 1 aromatic rings. The van der Waals surface area contributed by atoms with Gasteiger partial charge in [-0.25, -0.2) is 0 Å². The van der Waals surface area contributed by atoms with Crippen molar-refractivity contribution in [2.45, 2.75) is 6.92 Å². The lowest BCUT2D eigenvalue weighted by atomic mass is 10.4. The van der Waals surface area contributed by atoms with Gasteiger partial charge in [-0.15, -0.1) is 0 Å². The van der Waals surface area contributed by atoms with E-state index in [4.69, 9.17) is 10.5 Å². The van der Waals surface area contributed by atoms with E-state index < -0.39 is 0 Å². The fraction of sp³-hybridized carbons (Fsp3) is 0.500. The molecule has 0 aliphatic heterocycles. The number of nitrogens with zero attached hydrogens (tertiary/aromatic N) is 2. The van der Waals surface area contributed by atoms with E-state index in [1.807, 2.05) is 6.92 Å². The third-order valence-corrected chi connectivity index (χ3v) is 1.65. The third-order valence-electron chi connectivity index (χ3n) is 1.65. The highest BCUT2D eigenvalue weighted by molar-refractivity contribution is 5.68. The zero-order valence-corrected chi connectivity index (χ0v) is 8.59. The molecule has 0 saturated carbocycles. The van der Waals surface area contributed by atoms with Crippen LogP contribution in [-0.4, -0.2) is 30.7 Å². The molecule has 0 fully saturated rings. The topological polar surface area (TPSA) is 85.1 Å². The molecule has 0 spiro atoms. The molecule has 1 rings (SSSR count). The van der Waals surface area contributed by atoms with Gasteiger partial charge in [0.2, 0.25) is 11.8 Å². The first-order chi connectivity index (χ1) is 6.72. The van der Waals surface area contributed by atoms with Gasteiger partial charge in [-0.05, 0) is 6.92 Å². The van der Waals surface area contributed by atoms with E-state index in [2.05, 4.69) is 20.6 Å². The summed E-state index contributed by atoms with van der Waals surface area (Å²) in [5, 5.41) is 5.70. The molecular formula is C8H15N5O. The predicted octanol–water partition coefficient (Wildman–Crippen LogP) is 0.541. The zero-order chi connectivity index (χ0) is 10.6. The number of aromatic nitrogens is 2. The maximum Gasteiger partial charge on any atom is 0.244 e. The van der Waals surface area contributed by atoms with Crippen LogP contribution in [0, 0.1) is 0 Å². The minimum atomic E-state index is 0.399. The number of anilines is 3. The van der Waals surface area contributed by atoms with E-state index in [1.165, 1.54) is 0 Å². The second kappa shape index (κ2) is 4.50. The lowest BCUT2D eigenvalue weighted by molar-refractivity contribution is 0.329. The Kier molecular flexibility index (Phi) is 3.33. The Morgan fingerprint density at radius 1 is 1.29 bits per heavy atom. The van der Waals surface area contributed by atoms with Crippen molar-refractivity contribution in [2.24, 2.45) is 0 Å². The van der Waals surface area contributed by atoms with Gasteiger partial charge in [0.05, 0.1) is 6.61 Å². The van der Waals surface area contributed by atoms with Crippen molar-refractivity contribution >= 4 is 17.5 Å². The average molecular weight is 197 g/mol. The van der Waals surface area contributed by atoms with E-state index >= 15 is 0 Å². The number of rotatable bonds is 4. The number of ether oxygens (including phenoxy) is 1. The van der Waals surface area contributed by atoms with Crippen LogP contribution in [0.4, 0.5) is 17.5 Å². The highest BCUT2D eigenvalue weighted by atomic mass is 16.5. The second-order valence-corrected chi connectivity index (χ2v) is 2.55. The normalized spacial score (nSPS) is 9.64. The molecule has 4 N–H and O–H groups in total. The van der Waals surface area contributed by atoms with Gasteiger partial charge in [-0.1, -0.05) is 0 Å². The van der Waals surface area contributed by atoms with Gasteiger partial charge in [0.25, 0.3) is 0 Å². The third kappa shape index (κ3) is 1.95. The van der Waals surface area contributed by atoms with Crippen LogP contribution in [-0.2, 0) is 0 Å². The molecule has 0 aromatic carbocycles. The van der Waals surface area contributed by atoms with Crippen molar-refractivity contribution in [1.29, 1.82) is 0 Å². The number of nitrogens with two attached hydrogens (primary N) is 1. The van der Waals surface area contributed by atoms with Crippen molar-refractivity contribution < 1.29 is 4.74 Å². The summed E-state index contributed by atoms with van der Waals surface area (Å²) in [5.74, 6) is 1.44. The minimum Gasteiger partial charge on any atom is -0.476 e. The highest BCUT2D eigenvalue weighted by Gasteiger charge is 2.10. The molecule has 14 heavy (non-hydrogen) atoms. The molecule has 1 heterocycles. The molecule has 6 nitrogen and oxygen atoms in total. The molecule has 0 aliphatic rings. The van der Waals surface area contributed by atoms with Crippen LogP contribution >= 0.6 is 0 Å². The fourth-order valence-electron chi connectivity index (χ4n) is 0.998. The lowest BCUT2D eigenvalue weighted by Gasteiger charge is -2.10. The van der Waals surface area contributed by atoms with Gasteiger partial charge in [0, 0.05) is 14.1 Å². The molecule has 0 atom stereocenters. The summed E-state index contributed by atoms with van der Waals surface area (Å²) in [6.07, 6.45) is 0. The molecule has 0 aliphatic carbocycles. The summed E-state index contributed by atoms with van der Waals surface area (Å²) in [6.45, 7) is 2.40. The van der Waals surface area contributed by atoms with Crippen LogP contribution in [0.5, 0.6) is 5.88 Å². The second-order valence-electron chi connectivity index (χ2n) is 2.55. The first-order valence-corrected chi connectivity index (χ1v) is 4.38. The summed E-state index contributed by atoms with van der Waals surface area (Å²) >= 11 is 0. The smallest absolute Gasteiger partial charge is 0.244 e. The number of hydrogen-bond acceptors (Lipinski definition) is 6. The molecule has 0 amide bonds. The van der Waals surface area contributed by atoms with Crippen LogP contribution in [0.3, 0.4) is 0 Å². The Balaban J connectivity index is 3.12. The molecule has 6 heteroatoms. The Morgan fingerprint density at radius 3 is 2.50 bits per heavy atom. The molecule has 78 valence electrons. The summed E-state index contributed by atoms with van der Waals surface area (Å²) in [4.78, 5) is 8.19. The minimum absolute atomic E-state index is 0.399. The van der Waals surface area contributed by atoms with Crippen molar-refractivity contribution in [3.8, 4) is 5.88 Å². The van der Waals surface area contributed by atoms with Gasteiger partial charge in [-0.3, -0.25) is 0 Å². The van der Waals surface area contributed by atoms with Crippen LogP contribution in [0.25, 0.3) is 0 Å². The first kappa shape index (κ1) is 10.4. The van der Waals surface area contributed by atoms with Gasteiger partial charge < -0.3 is 21.1 Å². The first-order valence-electron chi connectivity index (χ1n) is 4.38. The van der Waals surface area contributed by atoms with Crippen LogP contribution in [0.1, 0.15) is 6.92 Å². The molecule has 1 aromatic heterocycles. The molecule has 0 saturated heterocycles. The van der Waals surface area contributed by atoms with Crippen molar-refractivity contribution in [1.82, 2.24) is 9.97 Å². The lowest BCUT2D eigenvalue weighted by Crippen LogP contribution is -2.08. The standard InChI is InChI=1S/C8H15N5O/c1-4-14-7-5(9)6(10-2)12-8(11-3)13-7/h4,9H2,1-3H3,(H2,10,11,12,13). The van der Waals surface area contributed by atoms with Gasteiger partial charge in [-0.2, -0.15) is 9.97 Å². The van der Waals surface area contributed by atoms with Crippen molar-refractivity contribution in [2.75, 3.05) is 37.1 Å². The Bertz CT molecular complexity index is 315. The van der Waals surface area contributed by atoms with E-state index in [9.17, 15) is 0 Å². The quantitative estimate of drug-likeness (QED) is 0.653. The summed E-state index contributed by atoms with van der Waals surface area (Å²) in [6, 6.07) is 0. The molecule has 0 unspecified atom stereocenters. The van der Waals surface area contributed by atoms with E-state index in [0.717, 1.165) is 0 Å². The van der Waals surface area contributed by atoms with Gasteiger partial charge in [0.1, 0.15) is 5.69 Å². The zero-order valence-electron chi connectivity index (χ0n) is 8.59. The van der Waals surface area contributed by atoms with Crippen molar-refractivity contribution in [3.63, 3.8) is 0 Å². The Hall–Kier alpha value is -1.72. The maximum absolute atomic E-state index is 5.76. The summed E-state index contributed by atoms with van der Waals surface area (Å²) in [5.41, 5.74) is 6.19. The van der Waals surface area contributed by atoms with Gasteiger partial charge >= 0.3 is 0 Å². The fourth-order valence-corrected chi connectivity index (χ4v) is 0.998. The van der Waals surface area contributed by atoms with Crippen LogP contribution in [0.2, 0.25) is 0 Å². The predicted molar refractivity (Wildman–Crippen MR) is 56.7 cm³/mol. The number of hydrogen-bond donors (Lipinski definition) is 3. The largest absolute Gasteiger partial charge is 0.476 e. The van der Waals surface area contributed by atoms with E-state index in [1.54, 1.807) is 14.1 Å². The number of nitrogen functional groups attached to an aromatic ring is 1. The Labute approximate surface area is 82.9 Å². The highest BCUT2D eigenvalue weighted by Crippen LogP contribution is 2.26. The molecular weight excluding hydrogens is 182 g/mol. The summed E-state index contributed by atoms with van der Waals surface area (Å²) < 4.78 is 5.27. The Morgan fingerprint density at radius 2 is 2.00 bits per heavy atom. The maximum atomic E-state index is 5.76. The molecule has 0 bridgehead atoms. The van der Waals surface area contributed by atoms with Crippen LogP contribution in [0.15, 0.2) is 0 Å².